The summed E-state index contributed by atoms with van der Waals surface area (Å²) in [6, 6.07) is 14.5. The third-order valence-electron chi connectivity index (χ3n) is 3.10. The zero-order chi connectivity index (χ0) is 12.5. The number of rotatable bonds is 2. The molecule has 18 heavy (non-hydrogen) atoms. The second kappa shape index (κ2) is 4.18. The molecule has 2 aromatic carbocycles. The van der Waals surface area contributed by atoms with Crippen molar-refractivity contribution >= 4 is 16.7 Å². The van der Waals surface area contributed by atoms with Crippen molar-refractivity contribution in [2.45, 2.75) is 6.92 Å². The lowest BCUT2D eigenvalue weighted by atomic mass is 10.1. The number of benzene rings is 2. The quantitative estimate of drug-likeness (QED) is 0.715. The molecular weight excluding hydrogens is 222 g/mol. The van der Waals surface area contributed by atoms with Crippen LogP contribution in [0, 0.1) is 6.92 Å². The molecule has 3 aromatic rings. The van der Waals surface area contributed by atoms with E-state index in [-0.39, 0.29) is 0 Å². The van der Waals surface area contributed by atoms with Gasteiger partial charge < -0.3 is 10.3 Å². The number of nitrogens with one attached hydrogen (secondary N) is 2. The molecule has 0 spiro atoms. The molecule has 0 aliphatic rings. The van der Waals surface area contributed by atoms with Gasteiger partial charge in [-0.05, 0) is 25.1 Å². The summed E-state index contributed by atoms with van der Waals surface area (Å²) in [4.78, 5) is 7.96. The van der Waals surface area contributed by atoms with Crippen molar-refractivity contribution < 1.29 is 0 Å². The number of hydrogen-bond donors (Lipinski definition) is 2. The first-order valence-electron chi connectivity index (χ1n) is 6.01. The third kappa shape index (κ3) is 1.84. The van der Waals surface area contributed by atoms with Gasteiger partial charge in [-0.3, -0.25) is 0 Å². The number of aromatic nitrogens is 2. The molecule has 2 N–H and O–H groups in total. The van der Waals surface area contributed by atoms with E-state index in [2.05, 4.69) is 52.5 Å². The van der Waals surface area contributed by atoms with Crippen LogP contribution in [0.1, 0.15) is 5.56 Å². The molecule has 0 aliphatic carbocycles. The van der Waals surface area contributed by atoms with Crippen LogP contribution in [-0.4, -0.2) is 17.0 Å². The molecule has 1 heterocycles. The highest BCUT2D eigenvalue weighted by atomic mass is 14.9. The highest BCUT2D eigenvalue weighted by Crippen LogP contribution is 2.22. The molecule has 0 amide bonds. The molecule has 0 atom stereocenters. The van der Waals surface area contributed by atoms with Crippen LogP contribution in [0.2, 0.25) is 0 Å². The molecule has 90 valence electrons. The van der Waals surface area contributed by atoms with Crippen LogP contribution >= 0.6 is 0 Å². The van der Waals surface area contributed by atoms with Gasteiger partial charge in [-0.15, -0.1) is 0 Å². The van der Waals surface area contributed by atoms with Crippen molar-refractivity contribution in [1.82, 2.24) is 9.97 Å². The van der Waals surface area contributed by atoms with Crippen LogP contribution in [0.3, 0.4) is 0 Å². The first-order chi connectivity index (χ1) is 8.76. The van der Waals surface area contributed by atoms with Gasteiger partial charge in [0.05, 0.1) is 11.0 Å². The molecule has 0 unspecified atom stereocenters. The minimum absolute atomic E-state index is 0.915. The molecule has 0 aliphatic heterocycles. The number of nitrogens with zero attached hydrogens (tertiary/aromatic N) is 1. The summed E-state index contributed by atoms with van der Waals surface area (Å²) in [6.45, 7) is 2.08. The molecule has 3 rings (SSSR count). The monoisotopic (exact) mass is 237 g/mol. The normalized spacial score (nSPS) is 10.8. The maximum Gasteiger partial charge on any atom is 0.138 e. The van der Waals surface area contributed by atoms with Crippen LogP contribution in [0.4, 0.5) is 5.69 Å². The molecule has 1 aromatic heterocycles. The molecular formula is C15H15N3. The van der Waals surface area contributed by atoms with E-state index in [1.54, 1.807) is 0 Å². The fraction of sp³-hybridized carbons (Fsp3) is 0.133. The molecule has 0 fully saturated rings. The number of imidazole rings is 1. The van der Waals surface area contributed by atoms with Gasteiger partial charge >= 0.3 is 0 Å². The summed E-state index contributed by atoms with van der Waals surface area (Å²) in [7, 11) is 1.92. The first kappa shape index (κ1) is 10.8. The lowest BCUT2D eigenvalue weighted by molar-refractivity contribution is 1.33. The standard InChI is InChI=1S/C15H15N3/c1-10-3-5-11(6-4-10)15-17-13-8-7-12(16-2)9-14(13)18-15/h3-9,16H,1-2H3,(H,17,18). The fourth-order valence-electron chi connectivity index (χ4n) is 2.01. The Morgan fingerprint density at radius 2 is 1.83 bits per heavy atom. The summed E-state index contributed by atoms with van der Waals surface area (Å²) >= 11 is 0. The fourth-order valence-corrected chi connectivity index (χ4v) is 2.01. The van der Waals surface area contributed by atoms with Gasteiger partial charge in [0.1, 0.15) is 5.82 Å². The smallest absolute Gasteiger partial charge is 0.138 e. The Bertz CT molecular complexity index is 681. The first-order valence-corrected chi connectivity index (χ1v) is 6.01. The van der Waals surface area contributed by atoms with Crippen LogP contribution in [0.25, 0.3) is 22.4 Å². The Balaban J connectivity index is 2.10. The molecule has 0 radical (unpaired) electrons. The lowest BCUT2D eigenvalue weighted by Gasteiger charge is -1.97. The number of hydrogen-bond acceptors (Lipinski definition) is 2. The van der Waals surface area contributed by atoms with E-state index in [0.717, 1.165) is 28.1 Å². The van der Waals surface area contributed by atoms with Gasteiger partial charge in [-0.1, -0.05) is 29.8 Å². The highest BCUT2D eigenvalue weighted by Gasteiger charge is 2.05. The number of anilines is 1. The van der Waals surface area contributed by atoms with Crippen LogP contribution in [-0.2, 0) is 0 Å². The van der Waals surface area contributed by atoms with E-state index in [1.165, 1.54) is 5.56 Å². The summed E-state index contributed by atoms with van der Waals surface area (Å²) in [5, 5.41) is 3.13. The van der Waals surface area contributed by atoms with E-state index < -0.39 is 0 Å². The van der Waals surface area contributed by atoms with Gasteiger partial charge in [0, 0.05) is 18.3 Å². The Morgan fingerprint density at radius 1 is 1.06 bits per heavy atom. The summed E-state index contributed by atoms with van der Waals surface area (Å²) in [6.07, 6.45) is 0. The predicted molar refractivity (Wildman–Crippen MR) is 75.8 cm³/mol. The van der Waals surface area contributed by atoms with E-state index in [9.17, 15) is 0 Å². The number of aryl methyl sites for hydroxylation is 1. The Labute approximate surface area is 106 Å². The minimum atomic E-state index is 0.915. The van der Waals surface area contributed by atoms with Crippen molar-refractivity contribution in [3.8, 4) is 11.4 Å². The zero-order valence-electron chi connectivity index (χ0n) is 10.5. The van der Waals surface area contributed by atoms with Gasteiger partial charge in [0.25, 0.3) is 0 Å². The number of aromatic amines is 1. The van der Waals surface area contributed by atoms with Crippen molar-refractivity contribution in [1.29, 1.82) is 0 Å². The van der Waals surface area contributed by atoms with Crippen LogP contribution in [0.15, 0.2) is 42.5 Å². The lowest BCUT2D eigenvalue weighted by Crippen LogP contribution is -1.86. The average molecular weight is 237 g/mol. The van der Waals surface area contributed by atoms with E-state index in [1.807, 2.05) is 19.2 Å². The van der Waals surface area contributed by atoms with Crippen LogP contribution < -0.4 is 5.32 Å². The number of H-pyrrole nitrogens is 1. The maximum absolute atomic E-state index is 4.60. The predicted octanol–water partition coefficient (Wildman–Crippen LogP) is 3.58. The topological polar surface area (TPSA) is 40.7 Å². The molecule has 3 nitrogen and oxygen atoms in total. The van der Waals surface area contributed by atoms with Crippen molar-refractivity contribution in [2.24, 2.45) is 0 Å². The third-order valence-corrected chi connectivity index (χ3v) is 3.10. The summed E-state index contributed by atoms with van der Waals surface area (Å²) in [5.41, 5.74) is 5.50. The Morgan fingerprint density at radius 3 is 2.56 bits per heavy atom. The molecule has 0 bridgehead atoms. The van der Waals surface area contributed by atoms with Crippen molar-refractivity contribution in [3.05, 3.63) is 48.0 Å². The second-order valence-corrected chi connectivity index (χ2v) is 4.43. The Hall–Kier alpha value is -2.29. The highest BCUT2D eigenvalue weighted by molar-refractivity contribution is 5.82. The average Bonchev–Trinajstić information content (AvgIpc) is 2.82. The van der Waals surface area contributed by atoms with E-state index in [4.69, 9.17) is 0 Å². The summed E-state index contributed by atoms with van der Waals surface area (Å²) < 4.78 is 0. The SMILES string of the molecule is CNc1ccc2nc(-c3ccc(C)cc3)[nH]c2c1. The van der Waals surface area contributed by atoms with E-state index in [0.29, 0.717) is 0 Å². The number of fused-ring (bicyclic) bond motifs is 1. The second-order valence-electron chi connectivity index (χ2n) is 4.43. The molecule has 3 heteroatoms. The minimum Gasteiger partial charge on any atom is -0.388 e. The van der Waals surface area contributed by atoms with Gasteiger partial charge in [0.2, 0.25) is 0 Å². The van der Waals surface area contributed by atoms with Gasteiger partial charge in [-0.25, -0.2) is 4.98 Å². The van der Waals surface area contributed by atoms with Crippen molar-refractivity contribution in [2.75, 3.05) is 12.4 Å². The van der Waals surface area contributed by atoms with Crippen LogP contribution in [0.5, 0.6) is 0 Å². The van der Waals surface area contributed by atoms with Crippen molar-refractivity contribution in [3.63, 3.8) is 0 Å². The van der Waals surface area contributed by atoms with E-state index >= 15 is 0 Å². The molecule has 0 saturated carbocycles. The van der Waals surface area contributed by atoms with Gasteiger partial charge in [0.15, 0.2) is 0 Å². The maximum atomic E-state index is 4.60. The Kier molecular flexibility index (Phi) is 2.52. The zero-order valence-corrected chi connectivity index (χ0v) is 10.5. The largest absolute Gasteiger partial charge is 0.388 e. The van der Waals surface area contributed by atoms with Gasteiger partial charge in [-0.2, -0.15) is 0 Å². The molecule has 0 saturated heterocycles. The summed E-state index contributed by atoms with van der Waals surface area (Å²) in [5.74, 6) is 0.915.